The van der Waals surface area contributed by atoms with Gasteiger partial charge in [-0.3, -0.25) is 18.6 Å². The molecule has 0 aromatic carbocycles. The lowest BCUT2D eigenvalue weighted by molar-refractivity contribution is -0.161. The van der Waals surface area contributed by atoms with E-state index in [0.29, 0.717) is 6.42 Å². The van der Waals surface area contributed by atoms with E-state index in [1.165, 1.54) is 70.6 Å². The lowest BCUT2D eigenvalue weighted by Gasteiger charge is -2.19. The van der Waals surface area contributed by atoms with Crippen molar-refractivity contribution < 1.29 is 37.6 Å². The lowest BCUT2D eigenvalue weighted by Crippen LogP contribution is -2.29. The van der Waals surface area contributed by atoms with Gasteiger partial charge in [-0.05, 0) is 70.6 Å². The van der Waals surface area contributed by atoms with Crippen LogP contribution in [0.25, 0.3) is 0 Å². The van der Waals surface area contributed by atoms with E-state index in [9.17, 15) is 19.0 Å². The molecule has 314 valence electrons. The van der Waals surface area contributed by atoms with E-state index >= 15 is 0 Å². The number of phosphoric acid groups is 1. The fourth-order valence-corrected chi connectivity index (χ4v) is 6.47. The van der Waals surface area contributed by atoms with Crippen molar-refractivity contribution in [1.29, 1.82) is 0 Å². The van der Waals surface area contributed by atoms with Gasteiger partial charge in [-0.25, -0.2) is 4.57 Å². The third kappa shape index (κ3) is 39.7. The molecule has 10 heteroatoms. The first-order valence-corrected chi connectivity index (χ1v) is 23.1. The molecule has 0 amide bonds. The van der Waals surface area contributed by atoms with E-state index < -0.39 is 32.5 Å². The van der Waals surface area contributed by atoms with E-state index in [2.05, 4.69) is 62.5 Å². The van der Waals surface area contributed by atoms with Crippen molar-refractivity contribution in [3.8, 4) is 0 Å². The predicted octanol–water partition coefficient (Wildman–Crippen LogP) is 12.3. The van der Waals surface area contributed by atoms with Crippen molar-refractivity contribution >= 4 is 19.8 Å². The van der Waals surface area contributed by atoms with Crippen LogP contribution in [0.5, 0.6) is 0 Å². The molecular weight excluding hydrogens is 701 g/mol. The van der Waals surface area contributed by atoms with Crippen LogP contribution in [0.3, 0.4) is 0 Å². The van der Waals surface area contributed by atoms with Crippen molar-refractivity contribution in [2.24, 2.45) is 5.73 Å². The zero-order valence-electron chi connectivity index (χ0n) is 34.4. The fourth-order valence-electron chi connectivity index (χ4n) is 5.70. The van der Waals surface area contributed by atoms with E-state index in [1.807, 2.05) is 0 Å². The average Bonchev–Trinajstić information content (AvgIpc) is 3.16. The van der Waals surface area contributed by atoms with Crippen molar-refractivity contribution in [2.45, 2.75) is 193 Å². The number of rotatable bonds is 40. The van der Waals surface area contributed by atoms with Crippen molar-refractivity contribution in [3.05, 3.63) is 48.6 Å². The molecule has 0 heterocycles. The second-order valence-corrected chi connectivity index (χ2v) is 15.7. The minimum Gasteiger partial charge on any atom is -0.462 e. The number of ether oxygens (including phenoxy) is 2. The van der Waals surface area contributed by atoms with Crippen LogP contribution in [0.2, 0.25) is 0 Å². The molecule has 0 aliphatic heterocycles. The summed E-state index contributed by atoms with van der Waals surface area (Å²) in [5.41, 5.74) is 5.34. The van der Waals surface area contributed by atoms with Gasteiger partial charge in [0.2, 0.25) is 0 Å². The summed E-state index contributed by atoms with van der Waals surface area (Å²) < 4.78 is 32.7. The van der Waals surface area contributed by atoms with Crippen LogP contribution >= 0.6 is 7.82 Å². The summed E-state index contributed by atoms with van der Waals surface area (Å²) in [6.07, 6.45) is 45.8. The van der Waals surface area contributed by atoms with Crippen LogP contribution in [-0.4, -0.2) is 49.3 Å². The second-order valence-electron chi connectivity index (χ2n) is 14.2. The molecule has 0 fully saturated rings. The Hall–Kier alpha value is -2.03. The summed E-state index contributed by atoms with van der Waals surface area (Å²) in [4.78, 5) is 34.8. The highest BCUT2D eigenvalue weighted by molar-refractivity contribution is 7.47. The van der Waals surface area contributed by atoms with Crippen LogP contribution in [0.15, 0.2) is 48.6 Å². The Morgan fingerprint density at radius 3 is 1.52 bits per heavy atom. The van der Waals surface area contributed by atoms with Crippen LogP contribution in [0.1, 0.15) is 187 Å². The summed E-state index contributed by atoms with van der Waals surface area (Å²) >= 11 is 0. The number of unbranched alkanes of at least 4 members (excludes halogenated alkanes) is 19. The second kappa shape index (κ2) is 40.6. The quantitative estimate of drug-likeness (QED) is 0.0269. The van der Waals surface area contributed by atoms with E-state index in [-0.39, 0.29) is 32.6 Å². The molecule has 0 radical (unpaired) electrons. The molecule has 0 aliphatic rings. The van der Waals surface area contributed by atoms with Crippen molar-refractivity contribution in [1.82, 2.24) is 0 Å². The monoisotopic (exact) mass is 782 g/mol. The Balaban J connectivity index is 4.10. The number of nitrogens with two attached hydrogens (primary N) is 1. The summed E-state index contributed by atoms with van der Waals surface area (Å²) in [6, 6.07) is 0. The maximum absolute atomic E-state index is 12.6. The zero-order chi connectivity index (χ0) is 39.6. The minimum absolute atomic E-state index is 0.0494. The molecule has 9 nitrogen and oxygen atoms in total. The first-order chi connectivity index (χ1) is 26.3. The summed E-state index contributed by atoms with van der Waals surface area (Å²) in [6.45, 7) is 3.63. The SMILES string of the molecule is CCC/C=C\CCCCCCCC(=O)OCC(COP(=O)(O)OCCN)OC(=O)CCCCCCCCCC/C=C\C/C=C\C/C=C\CCCCCCC. The Morgan fingerprint density at radius 2 is 1.00 bits per heavy atom. The average molecular weight is 782 g/mol. The molecule has 0 rings (SSSR count). The van der Waals surface area contributed by atoms with Crippen LogP contribution < -0.4 is 5.73 Å². The van der Waals surface area contributed by atoms with Gasteiger partial charge in [0, 0.05) is 19.4 Å². The molecule has 54 heavy (non-hydrogen) atoms. The standard InChI is InChI=1S/C44H80NO8P/c1-3-5-7-9-11-13-15-16-17-18-19-20-21-22-23-24-25-26-27-29-31-33-35-37-44(47)53-42(41-52-54(48,49)51-39-38-45)40-50-43(46)36-34-32-30-28-14-12-10-8-6-4-2/h8,10,15-16,18-19,21-22,42H,3-7,9,11-14,17,20,23-41,45H2,1-2H3,(H,48,49)/b10-8-,16-15-,19-18-,22-21-. The number of carbonyl (C=O) groups excluding carboxylic acids is 2. The number of allylic oxidation sites excluding steroid dienone is 8. The maximum atomic E-state index is 12.6. The molecule has 2 atom stereocenters. The van der Waals surface area contributed by atoms with Gasteiger partial charge in [0.1, 0.15) is 6.61 Å². The third-order valence-corrected chi connectivity index (χ3v) is 9.90. The smallest absolute Gasteiger partial charge is 0.462 e. The topological polar surface area (TPSA) is 134 Å². The highest BCUT2D eigenvalue weighted by atomic mass is 31.2. The highest BCUT2D eigenvalue weighted by Crippen LogP contribution is 2.43. The molecule has 0 aromatic heterocycles. The van der Waals surface area contributed by atoms with Gasteiger partial charge in [0.25, 0.3) is 0 Å². The van der Waals surface area contributed by atoms with Crippen molar-refractivity contribution in [3.63, 3.8) is 0 Å². The van der Waals surface area contributed by atoms with Crippen LogP contribution in [-0.2, 0) is 32.7 Å². The van der Waals surface area contributed by atoms with Gasteiger partial charge in [-0.2, -0.15) is 0 Å². The number of esters is 2. The summed E-state index contributed by atoms with van der Waals surface area (Å²) in [5.74, 6) is -0.851. The zero-order valence-corrected chi connectivity index (χ0v) is 35.3. The van der Waals surface area contributed by atoms with Gasteiger partial charge < -0.3 is 20.1 Å². The Bertz CT molecular complexity index is 1030. The molecule has 0 spiro atoms. The fraction of sp³-hybridized carbons (Fsp3) is 0.773. The summed E-state index contributed by atoms with van der Waals surface area (Å²) in [7, 11) is -4.38. The third-order valence-electron chi connectivity index (χ3n) is 8.92. The molecular formula is C44H80NO8P. The molecule has 0 saturated carbocycles. The van der Waals surface area contributed by atoms with Gasteiger partial charge in [-0.1, -0.05) is 152 Å². The highest BCUT2D eigenvalue weighted by Gasteiger charge is 2.26. The molecule has 0 saturated heterocycles. The molecule has 0 bridgehead atoms. The van der Waals surface area contributed by atoms with E-state index in [4.69, 9.17) is 24.3 Å². The summed E-state index contributed by atoms with van der Waals surface area (Å²) in [5, 5.41) is 0. The molecule has 0 aromatic rings. The van der Waals surface area contributed by atoms with Crippen LogP contribution in [0, 0.1) is 0 Å². The normalized spacial score (nSPS) is 13.8. The lowest BCUT2D eigenvalue weighted by atomic mass is 10.1. The number of hydrogen-bond acceptors (Lipinski definition) is 8. The van der Waals surface area contributed by atoms with Gasteiger partial charge >= 0.3 is 19.8 Å². The van der Waals surface area contributed by atoms with Gasteiger partial charge in [0.05, 0.1) is 13.2 Å². The Morgan fingerprint density at radius 1 is 0.556 bits per heavy atom. The predicted molar refractivity (Wildman–Crippen MR) is 224 cm³/mol. The minimum atomic E-state index is -4.38. The van der Waals surface area contributed by atoms with Crippen molar-refractivity contribution in [2.75, 3.05) is 26.4 Å². The number of hydrogen-bond donors (Lipinski definition) is 2. The largest absolute Gasteiger partial charge is 0.472 e. The first-order valence-electron chi connectivity index (χ1n) is 21.6. The molecule has 0 aliphatic carbocycles. The van der Waals surface area contributed by atoms with E-state index in [1.54, 1.807) is 0 Å². The Kier molecular flexibility index (Phi) is 39.1. The molecule has 2 unspecified atom stereocenters. The van der Waals surface area contributed by atoms with Crippen LogP contribution in [0.4, 0.5) is 0 Å². The maximum Gasteiger partial charge on any atom is 0.472 e. The Labute approximate surface area is 330 Å². The number of phosphoric ester groups is 1. The molecule has 3 N–H and O–H groups in total. The first kappa shape index (κ1) is 52.0. The van der Waals surface area contributed by atoms with Gasteiger partial charge in [-0.15, -0.1) is 0 Å². The van der Waals surface area contributed by atoms with Gasteiger partial charge in [0.15, 0.2) is 6.10 Å². The number of carbonyl (C=O) groups is 2. The van der Waals surface area contributed by atoms with E-state index in [0.717, 1.165) is 83.5 Å².